The van der Waals surface area contributed by atoms with Gasteiger partial charge in [-0.05, 0) is 30.7 Å². The van der Waals surface area contributed by atoms with Crippen LogP contribution in [0.5, 0.6) is 0 Å². The summed E-state index contributed by atoms with van der Waals surface area (Å²) in [4.78, 5) is 20.2. The maximum atomic E-state index is 11.6. The normalized spacial score (nSPS) is 10.8. The number of benzene rings is 1. The Morgan fingerprint density at radius 2 is 1.96 bits per heavy atom. The zero-order valence-electron chi connectivity index (χ0n) is 12.7. The number of halogens is 2. The second kappa shape index (κ2) is 6.63. The van der Waals surface area contributed by atoms with E-state index in [-0.39, 0.29) is 5.69 Å². The van der Waals surface area contributed by atoms with Crippen molar-refractivity contribution in [3.63, 3.8) is 0 Å². The first kappa shape index (κ1) is 16.5. The van der Waals surface area contributed by atoms with Crippen molar-refractivity contribution in [2.24, 2.45) is 0 Å². The molecular weight excluding hydrogens is 349 g/mol. The van der Waals surface area contributed by atoms with Crippen molar-refractivity contribution >= 4 is 29.2 Å². The quantitative estimate of drug-likeness (QED) is 0.742. The van der Waals surface area contributed by atoms with Crippen molar-refractivity contribution in [3.05, 3.63) is 64.0 Å². The van der Waals surface area contributed by atoms with Gasteiger partial charge in [-0.3, -0.25) is 4.57 Å². The molecule has 0 aliphatic carbocycles. The molecule has 0 spiro atoms. The second-order valence-corrected chi connectivity index (χ2v) is 5.88. The fourth-order valence-electron chi connectivity index (χ4n) is 2.52. The third-order valence-corrected chi connectivity index (χ3v) is 4.12. The van der Waals surface area contributed by atoms with E-state index in [0.29, 0.717) is 39.4 Å². The fraction of sp³-hybridized carbons (Fsp3) is 0.118. The van der Waals surface area contributed by atoms with E-state index in [2.05, 4.69) is 9.97 Å². The molecule has 7 heteroatoms. The molecule has 3 rings (SSSR count). The van der Waals surface area contributed by atoms with Crippen molar-refractivity contribution in [2.75, 3.05) is 0 Å². The molecule has 0 radical (unpaired) electrons. The minimum Gasteiger partial charge on any atom is -0.476 e. The lowest BCUT2D eigenvalue weighted by atomic mass is 10.2. The Labute approximate surface area is 148 Å². The minimum absolute atomic E-state index is 0.0100. The van der Waals surface area contributed by atoms with Crippen molar-refractivity contribution in [1.82, 2.24) is 14.5 Å². The number of aromatic nitrogens is 3. The average molecular weight is 362 g/mol. The van der Waals surface area contributed by atoms with E-state index in [9.17, 15) is 9.90 Å². The van der Waals surface area contributed by atoms with Crippen LogP contribution in [0.15, 0.2) is 42.6 Å². The van der Waals surface area contributed by atoms with Crippen LogP contribution in [0.2, 0.25) is 10.0 Å². The number of carboxylic acid groups (broad SMARTS) is 1. The number of imidazole rings is 1. The van der Waals surface area contributed by atoms with Gasteiger partial charge in [-0.2, -0.15) is 0 Å². The summed E-state index contributed by atoms with van der Waals surface area (Å²) in [6, 6.07) is 10.6. The maximum Gasteiger partial charge on any atom is 0.356 e. The Kier molecular flexibility index (Phi) is 4.55. The molecule has 0 fully saturated rings. The van der Waals surface area contributed by atoms with Crippen molar-refractivity contribution < 1.29 is 9.90 Å². The van der Waals surface area contributed by atoms with Crippen LogP contribution in [-0.2, 0) is 6.42 Å². The number of pyridine rings is 1. The molecule has 24 heavy (non-hydrogen) atoms. The van der Waals surface area contributed by atoms with E-state index in [1.54, 1.807) is 34.9 Å². The van der Waals surface area contributed by atoms with Crippen LogP contribution in [0.3, 0.4) is 0 Å². The van der Waals surface area contributed by atoms with E-state index in [1.807, 2.05) is 13.0 Å². The summed E-state index contributed by atoms with van der Waals surface area (Å²) in [5, 5.41) is 10.5. The topological polar surface area (TPSA) is 68.0 Å². The molecular formula is C17H13Cl2N3O2. The molecule has 3 aromatic rings. The van der Waals surface area contributed by atoms with Crippen LogP contribution < -0.4 is 0 Å². The van der Waals surface area contributed by atoms with Gasteiger partial charge in [0, 0.05) is 11.8 Å². The number of carboxylic acids is 1. The van der Waals surface area contributed by atoms with Crippen molar-refractivity contribution in [2.45, 2.75) is 13.3 Å². The Balaban J connectivity index is 2.34. The van der Waals surface area contributed by atoms with Gasteiger partial charge in [-0.25, -0.2) is 14.8 Å². The van der Waals surface area contributed by atoms with E-state index >= 15 is 0 Å². The first-order valence-electron chi connectivity index (χ1n) is 7.24. The van der Waals surface area contributed by atoms with Gasteiger partial charge in [-0.15, -0.1) is 0 Å². The largest absolute Gasteiger partial charge is 0.476 e. The maximum absolute atomic E-state index is 11.6. The van der Waals surface area contributed by atoms with E-state index in [0.717, 1.165) is 0 Å². The fourth-order valence-corrected chi connectivity index (χ4v) is 2.85. The molecule has 0 atom stereocenters. The predicted octanol–water partition coefficient (Wildman–Crippen LogP) is 4.50. The Morgan fingerprint density at radius 3 is 2.54 bits per heavy atom. The number of nitrogens with zero attached hydrogens (tertiary/aromatic N) is 3. The second-order valence-electron chi connectivity index (χ2n) is 5.04. The number of hydrogen-bond donors (Lipinski definition) is 1. The van der Waals surface area contributed by atoms with Gasteiger partial charge in [0.15, 0.2) is 5.69 Å². The van der Waals surface area contributed by atoms with E-state index < -0.39 is 5.97 Å². The van der Waals surface area contributed by atoms with Crippen LogP contribution in [0.4, 0.5) is 0 Å². The summed E-state index contributed by atoms with van der Waals surface area (Å²) < 4.78 is 1.71. The van der Waals surface area contributed by atoms with Crippen molar-refractivity contribution in [1.29, 1.82) is 0 Å². The molecule has 0 unspecified atom stereocenters. The third-order valence-electron chi connectivity index (χ3n) is 3.57. The highest BCUT2D eigenvalue weighted by Crippen LogP contribution is 2.31. The van der Waals surface area contributed by atoms with Gasteiger partial charge in [0.2, 0.25) is 0 Å². The first-order chi connectivity index (χ1) is 11.5. The highest BCUT2D eigenvalue weighted by molar-refractivity contribution is 6.33. The molecule has 0 aliphatic heterocycles. The molecule has 2 aromatic heterocycles. The van der Waals surface area contributed by atoms with Gasteiger partial charge in [0.1, 0.15) is 11.6 Å². The summed E-state index contributed by atoms with van der Waals surface area (Å²) in [7, 11) is 0. The van der Waals surface area contributed by atoms with Crippen LogP contribution in [0.25, 0.3) is 17.2 Å². The van der Waals surface area contributed by atoms with Crippen LogP contribution >= 0.6 is 23.2 Å². The summed E-state index contributed by atoms with van der Waals surface area (Å²) >= 11 is 12.2. The van der Waals surface area contributed by atoms with Crippen LogP contribution in [0.1, 0.15) is 23.1 Å². The lowest BCUT2D eigenvalue weighted by molar-refractivity contribution is 0.0690. The highest BCUT2D eigenvalue weighted by atomic mass is 35.5. The van der Waals surface area contributed by atoms with E-state index in [1.165, 1.54) is 6.20 Å². The number of rotatable bonds is 4. The Morgan fingerprint density at radius 1 is 1.21 bits per heavy atom. The number of aromatic carboxylic acids is 1. The molecule has 1 N–H and O–H groups in total. The van der Waals surface area contributed by atoms with Gasteiger partial charge in [0.25, 0.3) is 0 Å². The standard InChI is InChI=1S/C17H13Cl2N3O2/c1-2-13-15(17(23)24)21-16(11-5-3-4-6-12(11)19)22(13)14-8-7-10(18)9-20-14/h3-9H,2H2,1H3,(H,23,24). The van der Waals surface area contributed by atoms with Gasteiger partial charge in [-0.1, -0.05) is 42.3 Å². The molecule has 122 valence electrons. The first-order valence-corrected chi connectivity index (χ1v) is 8.00. The lowest BCUT2D eigenvalue weighted by Gasteiger charge is -2.11. The molecule has 0 saturated carbocycles. The summed E-state index contributed by atoms with van der Waals surface area (Å²) in [6.07, 6.45) is 1.98. The van der Waals surface area contributed by atoms with Crippen LogP contribution in [-0.4, -0.2) is 25.6 Å². The monoisotopic (exact) mass is 361 g/mol. The zero-order valence-corrected chi connectivity index (χ0v) is 14.2. The third kappa shape index (κ3) is 2.88. The SMILES string of the molecule is CCc1c(C(=O)O)nc(-c2ccccc2Cl)n1-c1ccc(Cl)cn1. The number of hydrogen-bond acceptors (Lipinski definition) is 3. The highest BCUT2D eigenvalue weighted by Gasteiger charge is 2.24. The van der Waals surface area contributed by atoms with Gasteiger partial charge >= 0.3 is 5.97 Å². The zero-order chi connectivity index (χ0) is 17.3. The Hall–Kier alpha value is -2.37. The van der Waals surface area contributed by atoms with Gasteiger partial charge < -0.3 is 5.11 Å². The molecule has 0 aliphatic rings. The number of carbonyl (C=O) groups is 1. The predicted molar refractivity (Wildman–Crippen MR) is 93.2 cm³/mol. The smallest absolute Gasteiger partial charge is 0.356 e. The molecule has 1 aromatic carbocycles. The molecule has 5 nitrogen and oxygen atoms in total. The molecule has 0 amide bonds. The van der Waals surface area contributed by atoms with E-state index in [4.69, 9.17) is 23.2 Å². The lowest BCUT2D eigenvalue weighted by Crippen LogP contribution is -2.07. The van der Waals surface area contributed by atoms with Gasteiger partial charge in [0.05, 0.1) is 15.7 Å². The van der Waals surface area contributed by atoms with Crippen LogP contribution in [0, 0.1) is 0 Å². The molecule has 0 saturated heterocycles. The summed E-state index contributed by atoms with van der Waals surface area (Å²) in [6.45, 7) is 1.87. The summed E-state index contributed by atoms with van der Waals surface area (Å²) in [5.74, 6) is -0.122. The average Bonchev–Trinajstić information content (AvgIpc) is 2.95. The van der Waals surface area contributed by atoms with Crippen molar-refractivity contribution in [3.8, 4) is 17.2 Å². The molecule has 0 bridgehead atoms. The Bertz CT molecular complexity index is 905. The minimum atomic E-state index is -1.09. The summed E-state index contributed by atoms with van der Waals surface area (Å²) in [5.41, 5.74) is 1.18. The molecule has 2 heterocycles.